The van der Waals surface area contributed by atoms with Crippen LogP contribution in [0.4, 0.5) is 0 Å². The molecule has 0 aromatic rings. The van der Waals surface area contributed by atoms with Gasteiger partial charge in [-0.1, -0.05) is 0 Å². The predicted octanol–water partition coefficient (Wildman–Crippen LogP) is 1.98. The Labute approximate surface area is 107 Å². The standard InChI is InChI=1S/C14H18O4/c15-12(16)8-5-9-13(17)18-14-10-6-3-1-2-4-7-11(10)14/h10-11,14H,3-9H2,(H,15,16). The number of rotatable bonds is 5. The molecule has 0 amide bonds. The SMILES string of the molecule is O=C(O)CCCC(=O)OC1C2CCC#CCCC21. The highest BCUT2D eigenvalue weighted by Gasteiger charge is 2.51. The van der Waals surface area contributed by atoms with Gasteiger partial charge in [0.1, 0.15) is 6.10 Å². The van der Waals surface area contributed by atoms with E-state index in [1.165, 1.54) is 0 Å². The Kier molecular flexibility index (Phi) is 4.24. The summed E-state index contributed by atoms with van der Waals surface area (Å²) in [6.07, 6.45) is 4.49. The fourth-order valence-electron chi connectivity index (χ4n) is 2.59. The van der Waals surface area contributed by atoms with Crippen molar-refractivity contribution < 1.29 is 19.4 Å². The fourth-order valence-corrected chi connectivity index (χ4v) is 2.59. The maximum absolute atomic E-state index is 11.5. The molecular formula is C14H18O4. The second kappa shape index (κ2) is 5.90. The van der Waals surface area contributed by atoms with Crippen molar-refractivity contribution in [3.8, 4) is 11.8 Å². The van der Waals surface area contributed by atoms with Crippen LogP contribution in [-0.4, -0.2) is 23.1 Å². The maximum Gasteiger partial charge on any atom is 0.306 e. The Morgan fingerprint density at radius 1 is 1.11 bits per heavy atom. The fraction of sp³-hybridized carbons (Fsp3) is 0.714. The molecule has 2 aliphatic carbocycles. The molecule has 1 fully saturated rings. The van der Waals surface area contributed by atoms with Crippen LogP contribution in [0.25, 0.3) is 0 Å². The van der Waals surface area contributed by atoms with Crippen molar-refractivity contribution in [2.45, 2.75) is 51.0 Å². The van der Waals surface area contributed by atoms with Crippen molar-refractivity contribution >= 4 is 11.9 Å². The summed E-state index contributed by atoms with van der Waals surface area (Å²) in [5.41, 5.74) is 0. The molecule has 0 aromatic heterocycles. The van der Waals surface area contributed by atoms with Crippen LogP contribution in [0.15, 0.2) is 0 Å². The summed E-state index contributed by atoms with van der Waals surface area (Å²) < 4.78 is 5.41. The average Bonchev–Trinajstić information content (AvgIpc) is 2.87. The zero-order valence-electron chi connectivity index (χ0n) is 10.4. The summed E-state index contributed by atoms with van der Waals surface area (Å²) in [6, 6.07) is 0. The van der Waals surface area contributed by atoms with Crippen LogP contribution in [0.3, 0.4) is 0 Å². The third kappa shape index (κ3) is 3.49. The van der Waals surface area contributed by atoms with Crippen LogP contribution < -0.4 is 0 Å². The number of carbonyl (C=O) groups excluding carboxylic acids is 1. The first-order valence-corrected chi connectivity index (χ1v) is 6.55. The van der Waals surface area contributed by atoms with E-state index in [-0.39, 0.29) is 24.9 Å². The summed E-state index contributed by atoms with van der Waals surface area (Å²) >= 11 is 0. The lowest BCUT2D eigenvalue weighted by Crippen LogP contribution is -2.09. The van der Waals surface area contributed by atoms with Gasteiger partial charge in [0.05, 0.1) is 0 Å². The lowest BCUT2D eigenvalue weighted by atomic mass is 10.1. The summed E-state index contributed by atoms with van der Waals surface area (Å²) in [5, 5.41) is 8.49. The molecule has 0 aromatic carbocycles. The number of carboxylic acid groups (broad SMARTS) is 1. The molecule has 2 unspecified atom stereocenters. The van der Waals surface area contributed by atoms with Gasteiger partial charge >= 0.3 is 11.9 Å². The van der Waals surface area contributed by atoms with E-state index >= 15 is 0 Å². The number of hydrogen-bond acceptors (Lipinski definition) is 3. The minimum absolute atomic E-state index is 0.0282. The van der Waals surface area contributed by atoms with Crippen molar-refractivity contribution in [1.29, 1.82) is 0 Å². The van der Waals surface area contributed by atoms with Gasteiger partial charge in [0.25, 0.3) is 0 Å². The summed E-state index contributed by atoms with van der Waals surface area (Å²) in [5.74, 6) is 6.07. The third-order valence-electron chi connectivity index (χ3n) is 3.62. The highest BCUT2D eigenvalue weighted by molar-refractivity contribution is 5.71. The molecule has 98 valence electrons. The summed E-state index contributed by atoms with van der Waals surface area (Å²) in [7, 11) is 0. The van der Waals surface area contributed by atoms with Gasteiger partial charge in [-0.15, -0.1) is 11.8 Å². The molecule has 4 heteroatoms. The van der Waals surface area contributed by atoms with Gasteiger partial charge in [0.2, 0.25) is 0 Å². The number of fused-ring (bicyclic) bond motifs is 1. The van der Waals surface area contributed by atoms with Crippen LogP contribution >= 0.6 is 0 Å². The van der Waals surface area contributed by atoms with E-state index in [9.17, 15) is 9.59 Å². The van der Waals surface area contributed by atoms with Gasteiger partial charge < -0.3 is 9.84 Å². The molecule has 18 heavy (non-hydrogen) atoms. The van der Waals surface area contributed by atoms with E-state index in [0.29, 0.717) is 18.3 Å². The van der Waals surface area contributed by atoms with E-state index < -0.39 is 5.97 Å². The van der Waals surface area contributed by atoms with Gasteiger partial charge in [-0.2, -0.15) is 0 Å². The largest absolute Gasteiger partial charge is 0.481 e. The molecule has 4 nitrogen and oxygen atoms in total. The van der Waals surface area contributed by atoms with Crippen LogP contribution in [0.1, 0.15) is 44.9 Å². The minimum atomic E-state index is -0.868. The molecule has 1 saturated carbocycles. The highest BCUT2D eigenvalue weighted by Crippen LogP contribution is 2.48. The second-order valence-electron chi connectivity index (χ2n) is 4.96. The van der Waals surface area contributed by atoms with Crippen molar-refractivity contribution in [3.05, 3.63) is 0 Å². The molecule has 0 aliphatic heterocycles. The van der Waals surface area contributed by atoms with Gasteiger partial charge in [-0.3, -0.25) is 9.59 Å². The Morgan fingerprint density at radius 3 is 2.28 bits per heavy atom. The average molecular weight is 250 g/mol. The topological polar surface area (TPSA) is 63.6 Å². The number of aliphatic carboxylic acids is 1. The Bertz CT molecular complexity index is 372. The maximum atomic E-state index is 11.5. The van der Waals surface area contributed by atoms with E-state index in [0.717, 1.165) is 25.7 Å². The Balaban J connectivity index is 1.68. The third-order valence-corrected chi connectivity index (χ3v) is 3.62. The van der Waals surface area contributed by atoms with E-state index in [2.05, 4.69) is 11.8 Å². The van der Waals surface area contributed by atoms with Crippen molar-refractivity contribution in [1.82, 2.24) is 0 Å². The first kappa shape index (κ1) is 12.9. The molecule has 1 N–H and O–H groups in total. The Hall–Kier alpha value is -1.50. The first-order chi connectivity index (χ1) is 8.68. The molecule has 0 saturated heterocycles. The summed E-state index contributed by atoms with van der Waals surface area (Å²) in [4.78, 5) is 21.9. The quantitative estimate of drug-likeness (QED) is 0.598. The van der Waals surface area contributed by atoms with Gasteiger partial charge in [0, 0.05) is 37.5 Å². The molecule has 0 heterocycles. The molecule has 0 spiro atoms. The molecule has 2 aliphatic rings. The van der Waals surface area contributed by atoms with Crippen LogP contribution in [-0.2, 0) is 14.3 Å². The molecule has 2 rings (SSSR count). The molecular weight excluding hydrogens is 232 g/mol. The predicted molar refractivity (Wildman–Crippen MR) is 64.6 cm³/mol. The van der Waals surface area contributed by atoms with Crippen molar-refractivity contribution in [2.24, 2.45) is 11.8 Å². The normalized spacial score (nSPS) is 29.0. The van der Waals surface area contributed by atoms with Crippen molar-refractivity contribution in [2.75, 3.05) is 0 Å². The van der Waals surface area contributed by atoms with E-state index in [1.54, 1.807) is 0 Å². The van der Waals surface area contributed by atoms with Crippen LogP contribution in [0.2, 0.25) is 0 Å². The highest BCUT2D eigenvalue weighted by atomic mass is 16.5. The number of ether oxygens (including phenoxy) is 1. The van der Waals surface area contributed by atoms with Crippen LogP contribution in [0, 0.1) is 23.7 Å². The first-order valence-electron chi connectivity index (χ1n) is 6.55. The lowest BCUT2D eigenvalue weighted by molar-refractivity contribution is -0.146. The van der Waals surface area contributed by atoms with Gasteiger partial charge in [0.15, 0.2) is 0 Å². The van der Waals surface area contributed by atoms with E-state index in [1.807, 2.05) is 0 Å². The lowest BCUT2D eigenvalue weighted by Gasteiger charge is -2.03. The number of esters is 1. The smallest absolute Gasteiger partial charge is 0.306 e. The second-order valence-corrected chi connectivity index (χ2v) is 4.96. The number of carbonyl (C=O) groups is 2. The van der Waals surface area contributed by atoms with E-state index in [4.69, 9.17) is 9.84 Å². The monoisotopic (exact) mass is 250 g/mol. The van der Waals surface area contributed by atoms with Gasteiger partial charge in [-0.05, 0) is 19.3 Å². The zero-order valence-corrected chi connectivity index (χ0v) is 10.4. The zero-order chi connectivity index (χ0) is 13.0. The van der Waals surface area contributed by atoms with Gasteiger partial charge in [-0.25, -0.2) is 0 Å². The number of carboxylic acids is 1. The van der Waals surface area contributed by atoms with Crippen molar-refractivity contribution in [3.63, 3.8) is 0 Å². The number of hydrogen-bond donors (Lipinski definition) is 1. The van der Waals surface area contributed by atoms with Crippen LogP contribution in [0.5, 0.6) is 0 Å². The Morgan fingerprint density at radius 2 is 1.72 bits per heavy atom. The minimum Gasteiger partial charge on any atom is -0.481 e. The molecule has 0 bridgehead atoms. The molecule has 0 radical (unpaired) electrons. The molecule has 2 atom stereocenters. The summed E-state index contributed by atoms with van der Waals surface area (Å²) in [6.45, 7) is 0.